The minimum absolute atomic E-state index is 0.718. The summed E-state index contributed by atoms with van der Waals surface area (Å²) in [4.78, 5) is 10.00. The number of fused-ring (bicyclic) bond motifs is 1. The van der Waals surface area contributed by atoms with Gasteiger partial charge < -0.3 is 0 Å². The number of hydrogen-bond donors (Lipinski definition) is 0. The Bertz CT molecular complexity index is 768. The maximum absolute atomic E-state index is 4.54. The fourth-order valence-corrected chi connectivity index (χ4v) is 3.00. The number of hydrogen-bond acceptors (Lipinski definition) is 5. The van der Waals surface area contributed by atoms with Gasteiger partial charge in [-0.3, -0.25) is 4.98 Å². The molecule has 6 heteroatoms. The quantitative estimate of drug-likeness (QED) is 0.533. The molecule has 2 aromatic heterocycles. The van der Waals surface area contributed by atoms with Crippen molar-refractivity contribution in [2.45, 2.75) is 0 Å². The molecule has 2 heterocycles. The zero-order valence-electron chi connectivity index (χ0n) is 10.7. The van der Waals surface area contributed by atoms with Crippen molar-refractivity contribution >= 4 is 50.3 Å². The lowest BCUT2D eigenvalue weighted by Crippen LogP contribution is -2.11. The Labute approximate surface area is 128 Å². The van der Waals surface area contributed by atoms with E-state index in [1.54, 1.807) is 22.5 Å². The summed E-state index contributed by atoms with van der Waals surface area (Å²) < 4.78 is 1.07. The molecule has 0 aliphatic rings. The molecule has 0 bridgehead atoms. The maximum atomic E-state index is 4.54. The summed E-state index contributed by atoms with van der Waals surface area (Å²) in [5.41, 5.74) is 1.75. The second-order valence-electron chi connectivity index (χ2n) is 4.15. The molecule has 0 amide bonds. The first-order valence-electron chi connectivity index (χ1n) is 5.96. The van der Waals surface area contributed by atoms with Crippen LogP contribution in [0, 0.1) is 0 Å². The highest BCUT2D eigenvalue weighted by atomic mass is 79.9. The molecule has 4 nitrogen and oxygen atoms in total. The van der Waals surface area contributed by atoms with Crippen LogP contribution in [0.5, 0.6) is 0 Å². The maximum Gasteiger partial charge on any atom is 0.167 e. The number of benzene rings is 1. The van der Waals surface area contributed by atoms with Crippen LogP contribution in [-0.2, 0) is 0 Å². The first kappa shape index (κ1) is 13.2. The van der Waals surface area contributed by atoms with Gasteiger partial charge in [0.15, 0.2) is 5.82 Å². The number of halogens is 1. The van der Waals surface area contributed by atoms with Crippen molar-refractivity contribution in [2.75, 3.05) is 12.1 Å². The lowest BCUT2D eigenvalue weighted by atomic mass is 10.3. The van der Waals surface area contributed by atoms with Gasteiger partial charge in [-0.2, -0.15) is 5.10 Å². The minimum atomic E-state index is 0.718. The second kappa shape index (κ2) is 5.68. The van der Waals surface area contributed by atoms with Crippen molar-refractivity contribution in [1.82, 2.24) is 9.97 Å². The Hall–Kier alpha value is -1.79. The van der Waals surface area contributed by atoms with Gasteiger partial charge in [-0.1, -0.05) is 12.1 Å². The summed E-state index contributed by atoms with van der Waals surface area (Å²) >= 11 is 5.05. The summed E-state index contributed by atoms with van der Waals surface area (Å²) in [7, 11) is 1.86. The number of thiophene rings is 1. The first-order valence-corrected chi connectivity index (χ1v) is 7.63. The molecule has 1 aromatic carbocycles. The lowest BCUT2D eigenvalue weighted by molar-refractivity contribution is 0.982. The van der Waals surface area contributed by atoms with Gasteiger partial charge in [0, 0.05) is 21.8 Å². The Morgan fingerprint density at radius 2 is 2.10 bits per heavy atom. The predicted molar refractivity (Wildman–Crippen MR) is 87.6 cm³/mol. The van der Waals surface area contributed by atoms with Crippen LogP contribution >= 0.6 is 27.3 Å². The molecule has 100 valence electrons. The molecule has 3 rings (SSSR count). The number of aromatic nitrogens is 2. The molecule has 0 aliphatic heterocycles. The number of rotatable bonds is 3. The van der Waals surface area contributed by atoms with Crippen LogP contribution in [-0.4, -0.2) is 23.2 Å². The molecule has 0 aliphatic carbocycles. The van der Waals surface area contributed by atoms with Gasteiger partial charge >= 0.3 is 0 Å². The monoisotopic (exact) mass is 346 g/mol. The topological polar surface area (TPSA) is 41.4 Å². The van der Waals surface area contributed by atoms with Gasteiger partial charge in [0.1, 0.15) is 0 Å². The highest BCUT2D eigenvalue weighted by Crippen LogP contribution is 2.19. The van der Waals surface area contributed by atoms with Gasteiger partial charge in [-0.15, -0.1) is 11.3 Å². The molecular formula is C14H11BrN4S. The first-order chi connectivity index (χ1) is 9.72. The predicted octanol–water partition coefficient (Wildman–Crippen LogP) is 3.92. The fraction of sp³-hybridized carbons (Fsp3) is 0.0714. The zero-order valence-corrected chi connectivity index (χ0v) is 13.1. The summed E-state index contributed by atoms with van der Waals surface area (Å²) in [5, 5.41) is 8.12. The third kappa shape index (κ3) is 2.86. The Morgan fingerprint density at radius 3 is 2.85 bits per heavy atom. The Kier molecular flexibility index (Phi) is 3.75. The van der Waals surface area contributed by atoms with Gasteiger partial charge in [-0.05, 0) is 34.1 Å². The van der Waals surface area contributed by atoms with Crippen molar-refractivity contribution in [3.8, 4) is 0 Å². The largest absolute Gasteiger partial charge is 0.251 e. The van der Waals surface area contributed by atoms with Gasteiger partial charge in [0.2, 0.25) is 0 Å². The van der Waals surface area contributed by atoms with Crippen LogP contribution in [0.15, 0.2) is 51.5 Å². The highest BCUT2D eigenvalue weighted by Gasteiger charge is 2.03. The van der Waals surface area contributed by atoms with Crippen molar-refractivity contribution < 1.29 is 0 Å². The van der Waals surface area contributed by atoms with E-state index in [2.05, 4.69) is 31.0 Å². The van der Waals surface area contributed by atoms with E-state index >= 15 is 0 Å². The van der Waals surface area contributed by atoms with Gasteiger partial charge in [0.25, 0.3) is 0 Å². The third-order valence-corrected chi connectivity index (χ3v) is 4.34. The van der Waals surface area contributed by atoms with Crippen molar-refractivity contribution in [3.05, 3.63) is 51.3 Å². The summed E-state index contributed by atoms with van der Waals surface area (Å²) in [5.74, 6) is 0.718. The van der Waals surface area contributed by atoms with E-state index < -0.39 is 0 Å². The molecule has 0 radical (unpaired) electrons. The van der Waals surface area contributed by atoms with Crippen LogP contribution in [0.2, 0.25) is 0 Å². The molecule has 3 aromatic rings. The number of anilines is 1. The number of hydrazone groups is 1. The highest BCUT2D eigenvalue weighted by molar-refractivity contribution is 9.10. The average Bonchev–Trinajstić information content (AvgIpc) is 2.90. The minimum Gasteiger partial charge on any atom is -0.251 e. The van der Waals surface area contributed by atoms with E-state index in [0.29, 0.717) is 0 Å². The number of nitrogens with zero attached hydrogens (tertiary/aromatic N) is 4. The molecule has 0 atom stereocenters. The molecule has 0 spiro atoms. The van der Waals surface area contributed by atoms with E-state index in [-0.39, 0.29) is 0 Å². The van der Waals surface area contributed by atoms with E-state index in [1.807, 2.05) is 49.0 Å². The smallest absolute Gasteiger partial charge is 0.167 e. The van der Waals surface area contributed by atoms with Crippen molar-refractivity contribution in [2.24, 2.45) is 5.10 Å². The third-order valence-electron chi connectivity index (χ3n) is 2.71. The average molecular weight is 347 g/mol. The SMILES string of the molecule is CN(/N=C/c1cc(Br)cs1)c1cnc2ccccc2n1. The van der Waals surface area contributed by atoms with Crippen molar-refractivity contribution in [1.29, 1.82) is 0 Å². The van der Waals surface area contributed by atoms with Crippen LogP contribution in [0.4, 0.5) is 5.82 Å². The number of para-hydroxylation sites is 2. The Morgan fingerprint density at radius 1 is 1.30 bits per heavy atom. The van der Waals surface area contributed by atoms with Crippen molar-refractivity contribution in [3.63, 3.8) is 0 Å². The van der Waals surface area contributed by atoms with E-state index in [9.17, 15) is 0 Å². The van der Waals surface area contributed by atoms with E-state index in [1.165, 1.54) is 0 Å². The van der Waals surface area contributed by atoms with E-state index in [0.717, 1.165) is 26.2 Å². The van der Waals surface area contributed by atoms with Gasteiger partial charge in [-0.25, -0.2) is 9.99 Å². The normalized spacial score (nSPS) is 11.3. The fourth-order valence-electron chi connectivity index (χ4n) is 1.70. The standard InChI is InChI=1S/C14H11BrN4S/c1-19(17-7-11-6-10(15)9-20-11)14-8-16-12-4-2-3-5-13(12)18-14/h2-9H,1H3/b17-7+. The summed E-state index contributed by atoms with van der Waals surface area (Å²) in [6, 6.07) is 9.81. The van der Waals surface area contributed by atoms with E-state index in [4.69, 9.17) is 0 Å². The van der Waals surface area contributed by atoms with Crippen LogP contribution in [0.25, 0.3) is 11.0 Å². The Balaban J connectivity index is 1.84. The lowest BCUT2D eigenvalue weighted by Gasteiger charge is -2.11. The zero-order chi connectivity index (χ0) is 13.9. The molecule has 0 saturated carbocycles. The molecule has 0 N–H and O–H groups in total. The van der Waals surface area contributed by atoms with Crippen LogP contribution in [0.1, 0.15) is 4.88 Å². The van der Waals surface area contributed by atoms with Gasteiger partial charge in [0.05, 0.1) is 23.4 Å². The molecule has 0 saturated heterocycles. The molecular weight excluding hydrogens is 336 g/mol. The summed E-state index contributed by atoms with van der Waals surface area (Å²) in [6.07, 6.45) is 3.54. The van der Waals surface area contributed by atoms with Crippen LogP contribution < -0.4 is 5.01 Å². The molecule has 0 unspecified atom stereocenters. The van der Waals surface area contributed by atoms with Crippen LogP contribution in [0.3, 0.4) is 0 Å². The molecule has 20 heavy (non-hydrogen) atoms. The second-order valence-corrected chi connectivity index (χ2v) is 6.01. The molecule has 0 fully saturated rings. The summed E-state index contributed by atoms with van der Waals surface area (Å²) in [6.45, 7) is 0.